The summed E-state index contributed by atoms with van der Waals surface area (Å²) in [6, 6.07) is 6.06. The maximum Gasteiger partial charge on any atom is 0.135 e. The van der Waals surface area contributed by atoms with E-state index >= 15 is 0 Å². The molecule has 2 aromatic rings. The second kappa shape index (κ2) is 2.58. The Balaban J connectivity index is 2.57. The number of hydrogen-bond acceptors (Lipinski definition) is 2. The van der Waals surface area contributed by atoms with Gasteiger partial charge in [-0.2, -0.15) is 0 Å². The fourth-order valence-corrected chi connectivity index (χ4v) is 1.85. The van der Waals surface area contributed by atoms with Crippen LogP contribution in [0, 0.1) is 6.92 Å². The minimum Gasteiger partial charge on any atom is -0.461 e. The maximum absolute atomic E-state index is 5.64. The molecule has 2 nitrogen and oxygen atoms in total. The smallest absolute Gasteiger partial charge is 0.135 e. The third-order valence-corrected chi connectivity index (χ3v) is 2.51. The van der Waals surface area contributed by atoms with Crippen LogP contribution in [0.3, 0.4) is 0 Å². The van der Waals surface area contributed by atoms with Gasteiger partial charge in [-0.15, -0.1) is 0 Å². The van der Waals surface area contributed by atoms with E-state index in [0.717, 1.165) is 16.9 Å². The van der Waals surface area contributed by atoms with Crippen LogP contribution in [0.4, 0.5) is 0 Å². The second-order valence-electron chi connectivity index (χ2n) is 3.39. The third-order valence-electron chi connectivity index (χ3n) is 2.51. The third kappa shape index (κ3) is 0.880. The zero-order valence-electron chi connectivity index (χ0n) is 7.82. The molecular weight excluding hydrogens is 174 g/mol. The SMILES string of the molecule is Cc1oc2cccc3c2c1C=NC=C3. The Kier molecular flexibility index (Phi) is 1.39. The predicted octanol–water partition coefficient (Wildman–Crippen LogP) is 3.14. The van der Waals surface area contributed by atoms with Gasteiger partial charge >= 0.3 is 0 Å². The summed E-state index contributed by atoms with van der Waals surface area (Å²) >= 11 is 0. The Labute approximate surface area is 81.6 Å². The fraction of sp³-hybridized carbons (Fsp3) is 0.0833. The molecule has 0 atom stereocenters. The zero-order valence-corrected chi connectivity index (χ0v) is 7.82. The molecule has 1 aromatic heterocycles. The Bertz CT molecular complexity index is 561. The zero-order chi connectivity index (χ0) is 9.54. The van der Waals surface area contributed by atoms with E-state index in [0.29, 0.717) is 0 Å². The quantitative estimate of drug-likeness (QED) is 0.616. The van der Waals surface area contributed by atoms with Crippen LogP contribution in [0.1, 0.15) is 16.9 Å². The van der Waals surface area contributed by atoms with E-state index in [9.17, 15) is 0 Å². The number of aryl methyl sites for hydroxylation is 1. The van der Waals surface area contributed by atoms with Crippen molar-refractivity contribution in [2.24, 2.45) is 4.99 Å². The monoisotopic (exact) mass is 183 g/mol. The molecule has 0 spiro atoms. The highest BCUT2D eigenvalue weighted by Gasteiger charge is 2.12. The van der Waals surface area contributed by atoms with Crippen LogP contribution in [0.5, 0.6) is 0 Å². The second-order valence-corrected chi connectivity index (χ2v) is 3.39. The number of hydrogen-bond donors (Lipinski definition) is 0. The predicted molar refractivity (Wildman–Crippen MR) is 57.6 cm³/mol. The summed E-state index contributed by atoms with van der Waals surface area (Å²) in [5.41, 5.74) is 3.21. The van der Waals surface area contributed by atoms with Crippen LogP contribution in [-0.2, 0) is 0 Å². The van der Waals surface area contributed by atoms with Gasteiger partial charge < -0.3 is 4.42 Å². The van der Waals surface area contributed by atoms with Crippen LogP contribution in [0.2, 0.25) is 0 Å². The summed E-state index contributed by atoms with van der Waals surface area (Å²) in [5.74, 6) is 0.930. The van der Waals surface area contributed by atoms with Crippen LogP contribution >= 0.6 is 0 Å². The molecule has 1 aliphatic rings. The van der Waals surface area contributed by atoms with Crippen molar-refractivity contribution in [2.75, 3.05) is 0 Å². The highest BCUT2D eigenvalue weighted by atomic mass is 16.3. The lowest BCUT2D eigenvalue weighted by Crippen LogP contribution is -1.81. The summed E-state index contributed by atoms with van der Waals surface area (Å²) in [6.07, 6.45) is 5.67. The van der Waals surface area contributed by atoms with Crippen molar-refractivity contribution >= 4 is 23.3 Å². The minimum atomic E-state index is 0.930. The normalized spacial score (nSPS) is 13.5. The molecule has 0 amide bonds. The minimum absolute atomic E-state index is 0.930. The van der Waals surface area contributed by atoms with Gasteiger partial charge in [-0.1, -0.05) is 12.1 Å². The summed E-state index contributed by atoms with van der Waals surface area (Å²) < 4.78 is 5.64. The molecule has 0 saturated heterocycles. The molecule has 2 heteroatoms. The fourth-order valence-electron chi connectivity index (χ4n) is 1.85. The van der Waals surface area contributed by atoms with E-state index in [2.05, 4.69) is 11.1 Å². The molecule has 3 rings (SSSR count). The van der Waals surface area contributed by atoms with Crippen molar-refractivity contribution in [3.05, 3.63) is 41.3 Å². The Hall–Kier alpha value is -1.83. The number of rotatable bonds is 0. The number of benzene rings is 1. The van der Waals surface area contributed by atoms with Crippen molar-refractivity contribution in [3.63, 3.8) is 0 Å². The molecule has 1 aromatic carbocycles. The Morgan fingerprint density at radius 2 is 2.21 bits per heavy atom. The summed E-state index contributed by atoms with van der Waals surface area (Å²) in [6.45, 7) is 1.97. The molecule has 0 unspecified atom stereocenters. The van der Waals surface area contributed by atoms with Gasteiger partial charge in [0.05, 0.1) is 0 Å². The molecule has 0 bridgehead atoms. The molecular formula is C12H9NO. The largest absolute Gasteiger partial charge is 0.461 e. The lowest BCUT2D eigenvalue weighted by Gasteiger charge is -1.94. The van der Waals surface area contributed by atoms with E-state index in [-0.39, 0.29) is 0 Å². The topological polar surface area (TPSA) is 25.5 Å². The molecule has 68 valence electrons. The molecule has 1 aliphatic heterocycles. The van der Waals surface area contributed by atoms with Crippen molar-refractivity contribution in [1.29, 1.82) is 0 Å². The van der Waals surface area contributed by atoms with Gasteiger partial charge in [0.15, 0.2) is 0 Å². The van der Waals surface area contributed by atoms with E-state index < -0.39 is 0 Å². The van der Waals surface area contributed by atoms with Crippen molar-refractivity contribution in [3.8, 4) is 0 Å². The summed E-state index contributed by atoms with van der Waals surface area (Å²) in [5, 5.41) is 1.17. The van der Waals surface area contributed by atoms with Crippen molar-refractivity contribution in [2.45, 2.75) is 6.92 Å². The maximum atomic E-state index is 5.64. The summed E-state index contributed by atoms with van der Waals surface area (Å²) in [7, 11) is 0. The molecule has 14 heavy (non-hydrogen) atoms. The van der Waals surface area contributed by atoms with Crippen molar-refractivity contribution < 1.29 is 4.42 Å². The highest BCUT2D eigenvalue weighted by Crippen LogP contribution is 2.29. The lowest BCUT2D eigenvalue weighted by molar-refractivity contribution is 0.578. The van der Waals surface area contributed by atoms with E-state index in [1.807, 2.05) is 37.5 Å². The van der Waals surface area contributed by atoms with Gasteiger partial charge in [0.2, 0.25) is 0 Å². The molecule has 0 saturated carbocycles. The average Bonchev–Trinajstić information content (AvgIpc) is 2.39. The first kappa shape index (κ1) is 7.56. The van der Waals surface area contributed by atoms with E-state index in [4.69, 9.17) is 4.42 Å². The molecule has 0 fully saturated rings. The Morgan fingerprint density at radius 3 is 3.14 bits per heavy atom. The Morgan fingerprint density at radius 1 is 1.29 bits per heavy atom. The van der Waals surface area contributed by atoms with E-state index in [1.165, 1.54) is 10.9 Å². The average molecular weight is 183 g/mol. The van der Waals surface area contributed by atoms with Gasteiger partial charge in [-0.05, 0) is 24.6 Å². The first-order valence-electron chi connectivity index (χ1n) is 4.58. The van der Waals surface area contributed by atoms with Gasteiger partial charge in [-0.3, -0.25) is 4.99 Å². The number of nitrogens with zero attached hydrogens (tertiary/aromatic N) is 1. The molecule has 0 aliphatic carbocycles. The first-order valence-corrected chi connectivity index (χ1v) is 4.58. The van der Waals surface area contributed by atoms with Crippen LogP contribution in [-0.4, -0.2) is 6.21 Å². The van der Waals surface area contributed by atoms with Gasteiger partial charge in [0, 0.05) is 23.4 Å². The molecule has 0 N–H and O–H groups in total. The van der Waals surface area contributed by atoms with Gasteiger partial charge in [-0.25, -0.2) is 0 Å². The van der Waals surface area contributed by atoms with Crippen LogP contribution in [0.25, 0.3) is 17.0 Å². The number of aliphatic imine (C=N–C) groups is 1. The van der Waals surface area contributed by atoms with Crippen LogP contribution < -0.4 is 0 Å². The van der Waals surface area contributed by atoms with Gasteiger partial charge in [0.25, 0.3) is 0 Å². The van der Waals surface area contributed by atoms with E-state index in [1.54, 1.807) is 0 Å². The van der Waals surface area contributed by atoms with Gasteiger partial charge in [0.1, 0.15) is 11.3 Å². The first-order chi connectivity index (χ1) is 6.86. The lowest BCUT2D eigenvalue weighted by atomic mass is 10.1. The van der Waals surface area contributed by atoms with Crippen LogP contribution in [0.15, 0.2) is 33.8 Å². The molecule has 0 radical (unpaired) electrons. The number of furan rings is 1. The standard InChI is InChI=1S/C12H9NO/c1-8-10-7-13-6-5-9-3-2-4-11(14-8)12(9)10/h2-7H,1H3. The highest BCUT2D eigenvalue weighted by molar-refractivity contribution is 6.04. The summed E-state index contributed by atoms with van der Waals surface area (Å²) in [4.78, 5) is 4.18. The van der Waals surface area contributed by atoms with Crippen molar-refractivity contribution in [1.82, 2.24) is 0 Å². The molecule has 2 heterocycles.